The number of nitrogens with zero attached hydrogens (tertiary/aromatic N) is 3. The van der Waals surface area contributed by atoms with Crippen molar-refractivity contribution in [2.45, 2.75) is 6.18 Å². The number of aromatic nitrogens is 2. The number of ether oxygens (including phenoxy) is 1. The summed E-state index contributed by atoms with van der Waals surface area (Å²) in [5, 5.41) is 0. The molecule has 0 radical (unpaired) electrons. The third kappa shape index (κ3) is 4.41. The molecule has 0 N–H and O–H groups in total. The van der Waals surface area contributed by atoms with Gasteiger partial charge in [0.1, 0.15) is 5.75 Å². The average molecular weight is 373 g/mol. The number of amides is 1. The first kappa shape index (κ1) is 18.4. The molecule has 0 bridgehead atoms. The zero-order valence-corrected chi connectivity index (χ0v) is 14.1. The molecule has 0 aliphatic carbocycles. The monoisotopic (exact) mass is 373 g/mol. The zero-order valence-electron chi connectivity index (χ0n) is 14.1. The van der Waals surface area contributed by atoms with E-state index in [2.05, 4.69) is 9.97 Å². The highest BCUT2D eigenvalue weighted by Crippen LogP contribution is 2.32. The first-order chi connectivity index (χ1) is 12.8. The molecule has 3 aromatic rings. The fourth-order valence-corrected chi connectivity index (χ4v) is 2.29. The van der Waals surface area contributed by atoms with E-state index < -0.39 is 11.7 Å². The molecule has 3 rings (SSSR count). The van der Waals surface area contributed by atoms with E-state index in [1.807, 2.05) is 0 Å². The molecule has 0 atom stereocenters. The molecule has 138 valence electrons. The van der Waals surface area contributed by atoms with Gasteiger partial charge in [-0.15, -0.1) is 0 Å². The topological polar surface area (TPSA) is 55.3 Å². The second-order valence-corrected chi connectivity index (χ2v) is 5.59. The lowest BCUT2D eigenvalue weighted by Crippen LogP contribution is -2.26. The van der Waals surface area contributed by atoms with Crippen molar-refractivity contribution in [1.29, 1.82) is 0 Å². The molecule has 0 aliphatic rings. The van der Waals surface area contributed by atoms with Crippen molar-refractivity contribution in [1.82, 2.24) is 9.97 Å². The van der Waals surface area contributed by atoms with Crippen LogP contribution in [0.4, 0.5) is 18.9 Å². The van der Waals surface area contributed by atoms with Gasteiger partial charge in [0.15, 0.2) is 0 Å². The van der Waals surface area contributed by atoms with Crippen LogP contribution in [0, 0.1) is 0 Å². The number of benzene rings is 1. The summed E-state index contributed by atoms with van der Waals surface area (Å²) in [6, 6.07) is 10.8. The number of hydrogen-bond acceptors (Lipinski definition) is 4. The van der Waals surface area contributed by atoms with Crippen molar-refractivity contribution in [3.63, 3.8) is 0 Å². The predicted octanol–water partition coefficient (Wildman–Crippen LogP) is 4.56. The number of hydrogen-bond donors (Lipinski definition) is 0. The van der Waals surface area contributed by atoms with Crippen LogP contribution in [-0.2, 0) is 6.18 Å². The molecule has 0 saturated heterocycles. The summed E-state index contributed by atoms with van der Waals surface area (Å²) >= 11 is 0. The minimum absolute atomic E-state index is 0.00359. The van der Waals surface area contributed by atoms with Gasteiger partial charge in [-0.05, 0) is 36.4 Å². The standard InChI is InChI=1S/C19H14F3N3O2/c1-25(15-5-3-9-23-12-15)18(26)13-7-8-17(24-11-13)27-16-6-2-4-14(10-16)19(20,21)22/h2-12H,1H3. The van der Waals surface area contributed by atoms with Crippen molar-refractivity contribution >= 4 is 11.6 Å². The van der Waals surface area contributed by atoms with E-state index >= 15 is 0 Å². The molecule has 8 heteroatoms. The Kier molecular flexibility index (Phi) is 5.07. The van der Waals surface area contributed by atoms with Gasteiger partial charge in [-0.3, -0.25) is 9.78 Å². The summed E-state index contributed by atoms with van der Waals surface area (Å²) in [5.41, 5.74) is 0.106. The summed E-state index contributed by atoms with van der Waals surface area (Å²) < 4.78 is 43.6. The number of carbonyl (C=O) groups excluding carboxylic acids is 1. The Hall–Kier alpha value is -3.42. The molecule has 2 heterocycles. The first-order valence-corrected chi connectivity index (χ1v) is 7.84. The minimum atomic E-state index is -4.46. The van der Waals surface area contributed by atoms with Gasteiger partial charge in [0.25, 0.3) is 5.91 Å². The van der Waals surface area contributed by atoms with Crippen LogP contribution in [0.2, 0.25) is 0 Å². The van der Waals surface area contributed by atoms with Crippen molar-refractivity contribution < 1.29 is 22.7 Å². The number of halogens is 3. The van der Waals surface area contributed by atoms with Gasteiger partial charge in [0.2, 0.25) is 5.88 Å². The predicted molar refractivity (Wildman–Crippen MR) is 92.7 cm³/mol. The van der Waals surface area contributed by atoms with Crippen LogP contribution >= 0.6 is 0 Å². The third-order valence-electron chi connectivity index (χ3n) is 3.70. The maximum Gasteiger partial charge on any atom is 0.416 e. The fraction of sp³-hybridized carbons (Fsp3) is 0.105. The Morgan fingerprint density at radius 1 is 1.07 bits per heavy atom. The lowest BCUT2D eigenvalue weighted by molar-refractivity contribution is -0.137. The van der Waals surface area contributed by atoms with Crippen LogP contribution in [-0.4, -0.2) is 22.9 Å². The van der Waals surface area contributed by atoms with E-state index in [1.165, 1.54) is 35.4 Å². The molecular formula is C19H14F3N3O2. The quantitative estimate of drug-likeness (QED) is 0.673. The Labute approximate surface area is 153 Å². The Balaban J connectivity index is 1.73. The van der Waals surface area contributed by atoms with Crippen molar-refractivity contribution in [2.24, 2.45) is 0 Å². The van der Waals surface area contributed by atoms with E-state index in [-0.39, 0.29) is 17.5 Å². The van der Waals surface area contributed by atoms with Crippen LogP contribution in [0.1, 0.15) is 15.9 Å². The SMILES string of the molecule is CN(C(=O)c1ccc(Oc2cccc(C(F)(F)F)c2)nc1)c1cccnc1. The zero-order chi connectivity index (χ0) is 19.4. The molecule has 1 aromatic carbocycles. The highest BCUT2D eigenvalue weighted by atomic mass is 19.4. The van der Waals surface area contributed by atoms with Crippen LogP contribution in [0.25, 0.3) is 0 Å². The van der Waals surface area contributed by atoms with Gasteiger partial charge < -0.3 is 9.64 Å². The molecule has 1 amide bonds. The van der Waals surface area contributed by atoms with E-state index in [1.54, 1.807) is 31.6 Å². The summed E-state index contributed by atoms with van der Waals surface area (Å²) in [6.07, 6.45) is -0.00215. The molecule has 0 saturated carbocycles. The molecule has 0 fully saturated rings. The fourth-order valence-electron chi connectivity index (χ4n) is 2.29. The number of alkyl halides is 3. The number of anilines is 1. The van der Waals surface area contributed by atoms with Gasteiger partial charge in [0, 0.05) is 25.5 Å². The molecule has 0 spiro atoms. The Morgan fingerprint density at radius 3 is 2.52 bits per heavy atom. The summed E-state index contributed by atoms with van der Waals surface area (Å²) in [7, 11) is 1.60. The lowest BCUT2D eigenvalue weighted by atomic mass is 10.2. The summed E-state index contributed by atoms with van der Waals surface area (Å²) in [6.45, 7) is 0. The van der Waals surface area contributed by atoms with Crippen LogP contribution < -0.4 is 9.64 Å². The number of pyridine rings is 2. The van der Waals surface area contributed by atoms with Gasteiger partial charge in [-0.1, -0.05) is 6.07 Å². The molecule has 27 heavy (non-hydrogen) atoms. The van der Waals surface area contributed by atoms with Crippen LogP contribution in [0.15, 0.2) is 67.1 Å². The van der Waals surface area contributed by atoms with Gasteiger partial charge in [-0.25, -0.2) is 4.98 Å². The maximum atomic E-state index is 12.7. The van der Waals surface area contributed by atoms with Crippen LogP contribution in [0.3, 0.4) is 0 Å². The lowest BCUT2D eigenvalue weighted by Gasteiger charge is -2.16. The molecular weight excluding hydrogens is 359 g/mol. The first-order valence-electron chi connectivity index (χ1n) is 7.84. The molecule has 0 unspecified atom stereocenters. The van der Waals surface area contributed by atoms with E-state index in [0.29, 0.717) is 11.3 Å². The maximum absolute atomic E-state index is 12.7. The molecule has 2 aromatic heterocycles. The van der Waals surface area contributed by atoms with E-state index in [0.717, 1.165) is 12.1 Å². The average Bonchev–Trinajstić information content (AvgIpc) is 2.68. The van der Waals surface area contributed by atoms with E-state index in [4.69, 9.17) is 4.74 Å². The largest absolute Gasteiger partial charge is 0.439 e. The summed E-state index contributed by atoms with van der Waals surface area (Å²) in [5.74, 6) is -0.222. The Morgan fingerprint density at radius 2 is 1.89 bits per heavy atom. The van der Waals surface area contributed by atoms with E-state index in [9.17, 15) is 18.0 Å². The third-order valence-corrected chi connectivity index (χ3v) is 3.70. The normalized spacial score (nSPS) is 11.1. The second kappa shape index (κ2) is 7.45. The van der Waals surface area contributed by atoms with Crippen molar-refractivity contribution in [3.8, 4) is 11.6 Å². The number of carbonyl (C=O) groups is 1. The second-order valence-electron chi connectivity index (χ2n) is 5.59. The number of rotatable bonds is 4. The Bertz CT molecular complexity index is 929. The van der Waals surface area contributed by atoms with Gasteiger partial charge in [-0.2, -0.15) is 13.2 Å². The molecule has 0 aliphatic heterocycles. The highest BCUT2D eigenvalue weighted by Gasteiger charge is 2.30. The van der Waals surface area contributed by atoms with Crippen molar-refractivity contribution in [2.75, 3.05) is 11.9 Å². The summed E-state index contributed by atoms with van der Waals surface area (Å²) in [4.78, 5) is 21.8. The smallest absolute Gasteiger partial charge is 0.416 e. The minimum Gasteiger partial charge on any atom is -0.439 e. The van der Waals surface area contributed by atoms with Crippen molar-refractivity contribution in [3.05, 3.63) is 78.2 Å². The molecule has 5 nitrogen and oxygen atoms in total. The highest BCUT2D eigenvalue weighted by molar-refractivity contribution is 6.05. The van der Waals surface area contributed by atoms with Gasteiger partial charge >= 0.3 is 6.18 Å². The van der Waals surface area contributed by atoms with Crippen LogP contribution in [0.5, 0.6) is 11.6 Å². The van der Waals surface area contributed by atoms with Gasteiger partial charge in [0.05, 0.1) is 23.0 Å².